The lowest BCUT2D eigenvalue weighted by molar-refractivity contribution is 0.567. The monoisotopic (exact) mass is 473 g/mol. The third kappa shape index (κ3) is 4.22. The molecule has 3 aromatic carbocycles. The average Bonchev–Trinajstić information content (AvgIpc) is 2.77. The standard InChI is InChI=1S/C22H17Cl2N3O3S/c1-14(18-8-4-6-15-5-2-3-7-19(15)18)26-31(29,30)17-11-9-16(10-12-17)27-22(28)21(24)20(23)13-25-27/h2-14,26H,1H3. The fraction of sp³-hybridized carbons (Fsp3) is 0.0909. The Morgan fingerprint density at radius 3 is 2.39 bits per heavy atom. The van der Waals surface area contributed by atoms with Crippen molar-refractivity contribution in [1.29, 1.82) is 0 Å². The highest BCUT2D eigenvalue weighted by molar-refractivity contribution is 7.89. The van der Waals surface area contributed by atoms with Gasteiger partial charge in [-0.1, -0.05) is 65.7 Å². The minimum absolute atomic E-state index is 0.0498. The molecule has 0 saturated carbocycles. The molecule has 1 unspecified atom stereocenters. The molecule has 6 nitrogen and oxygen atoms in total. The lowest BCUT2D eigenvalue weighted by Gasteiger charge is -2.17. The Balaban J connectivity index is 1.62. The summed E-state index contributed by atoms with van der Waals surface area (Å²) in [6.45, 7) is 1.80. The van der Waals surface area contributed by atoms with Gasteiger partial charge in [-0.05, 0) is 47.5 Å². The number of aromatic nitrogens is 2. The van der Waals surface area contributed by atoms with Crippen LogP contribution in [-0.2, 0) is 10.0 Å². The molecule has 0 amide bonds. The van der Waals surface area contributed by atoms with E-state index in [9.17, 15) is 13.2 Å². The third-order valence-corrected chi connectivity index (χ3v) is 7.19. The van der Waals surface area contributed by atoms with Crippen molar-refractivity contribution in [1.82, 2.24) is 14.5 Å². The van der Waals surface area contributed by atoms with Gasteiger partial charge in [0, 0.05) is 6.04 Å². The lowest BCUT2D eigenvalue weighted by Crippen LogP contribution is -2.27. The molecule has 0 spiro atoms. The van der Waals surface area contributed by atoms with Crippen molar-refractivity contribution >= 4 is 44.0 Å². The van der Waals surface area contributed by atoms with Gasteiger partial charge >= 0.3 is 0 Å². The molecule has 0 radical (unpaired) electrons. The first-order valence-electron chi connectivity index (χ1n) is 9.32. The van der Waals surface area contributed by atoms with E-state index >= 15 is 0 Å². The van der Waals surface area contributed by atoms with Gasteiger partial charge in [0.15, 0.2) is 0 Å². The van der Waals surface area contributed by atoms with Crippen LogP contribution in [0.25, 0.3) is 16.5 Å². The first-order valence-corrected chi connectivity index (χ1v) is 11.6. The fourth-order valence-corrected chi connectivity index (χ4v) is 4.83. The normalized spacial score (nSPS) is 12.7. The maximum absolute atomic E-state index is 12.9. The molecule has 0 aliphatic carbocycles. The smallest absolute Gasteiger partial charge is 0.266 e. The highest BCUT2D eigenvalue weighted by Gasteiger charge is 2.20. The number of hydrogen-bond acceptors (Lipinski definition) is 4. The first-order chi connectivity index (χ1) is 14.8. The highest BCUT2D eigenvalue weighted by Crippen LogP contribution is 2.26. The van der Waals surface area contributed by atoms with E-state index in [1.807, 2.05) is 42.5 Å². The minimum atomic E-state index is -3.81. The Kier molecular flexibility index (Phi) is 5.85. The molecule has 158 valence electrons. The minimum Gasteiger partial charge on any atom is -0.266 e. The van der Waals surface area contributed by atoms with E-state index in [0.29, 0.717) is 5.69 Å². The molecular formula is C22H17Cl2N3O3S. The van der Waals surface area contributed by atoms with Crippen molar-refractivity contribution in [3.63, 3.8) is 0 Å². The van der Waals surface area contributed by atoms with Crippen LogP contribution < -0.4 is 10.3 Å². The second kappa shape index (κ2) is 8.43. The molecular weight excluding hydrogens is 457 g/mol. The van der Waals surface area contributed by atoms with Gasteiger partial charge in [-0.25, -0.2) is 13.1 Å². The van der Waals surface area contributed by atoms with E-state index in [1.165, 1.54) is 30.5 Å². The molecule has 0 saturated heterocycles. The van der Waals surface area contributed by atoms with Gasteiger partial charge in [-0.15, -0.1) is 0 Å². The zero-order valence-corrected chi connectivity index (χ0v) is 18.6. The van der Waals surface area contributed by atoms with Gasteiger partial charge in [-0.3, -0.25) is 4.79 Å². The molecule has 1 aromatic heterocycles. The van der Waals surface area contributed by atoms with Gasteiger partial charge in [0.25, 0.3) is 5.56 Å². The quantitative estimate of drug-likeness (QED) is 0.454. The summed E-state index contributed by atoms with van der Waals surface area (Å²) in [7, 11) is -3.81. The van der Waals surface area contributed by atoms with Crippen LogP contribution >= 0.6 is 23.2 Å². The molecule has 31 heavy (non-hydrogen) atoms. The van der Waals surface area contributed by atoms with E-state index in [0.717, 1.165) is 21.0 Å². The van der Waals surface area contributed by atoms with Gasteiger partial charge < -0.3 is 0 Å². The summed E-state index contributed by atoms with van der Waals surface area (Å²) in [5.41, 5.74) is 0.655. The molecule has 0 fully saturated rings. The van der Waals surface area contributed by atoms with Crippen molar-refractivity contribution in [2.75, 3.05) is 0 Å². The number of nitrogens with zero attached hydrogens (tertiary/aromatic N) is 2. The molecule has 4 rings (SSSR count). The number of hydrogen-bond donors (Lipinski definition) is 1. The number of sulfonamides is 1. The number of benzene rings is 3. The zero-order chi connectivity index (χ0) is 22.2. The molecule has 9 heteroatoms. The molecule has 0 aliphatic heterocycles. The highest BCUT2D eigenvalue weighted by atomic mass is 35.5. The largest absolute Gasteiger partial charge is 0.291 e. The van der Waals surface area contributed by atoms with E-state index in [-0.39, 0.29) is 14.9 Å². The van der Waals surface area contributed by atoms with E-state index in [2.05, 4.69) is 9.82 Å². The van der Waals surface area contributed by atoms with Crippen LogP contribution in [0.2, 0.25) is 10.0 Å². The summed E-state index contributed by atoms with van der Waals surface area (Å²) in [5.74, 6) is 0. The second-order valence-electron chi connectivity index (χ2n) is 6.93. The summed E-state index contributed by atoms with van der Waals surface area (Å²) >= 11 is 11.7. The molecule has 1 N–H and O–H groups in total. The maximum atomic E-state index is 12.9. The van der Waals surface area contributed by atoms with Crippen LogP contribution in [0.1, 0.15) is 18.5 Å². The van der Waals surface area contributed by atoms with Crippen molar-refractivity contribution in [2.45, 2.75) is 17.9 Å². The van der Waals surface area contributed by atoms with Gasteiger partial charge in [0.05, 0.1) is 21.8 Å². The average molecular weight is 474 g/mol. The Morgan fingerprint density at radius 2 is 1.65 bits per heavy atom. The summed E-state index contributed by atoms with van der Waals surface area (Å²) in [6.07, 6.45) is 1.25. The van der Waals surface area contributed by atoms with Crippen molar-refractivity contribution in [3.8, 4) is 5.69 Å². The Bertz CT molecular complexity index is 1430. The van der Waals surface area contributed by atoms with Crippen LogP contribution in [0, 0.1) is 0 Å². The zero-order valence-electron chi connectivity index (χ0n) is 16.3. The Morgan fingerprint density at radius 1 is 0.968 bits per heavy atom. The summed E-state index contributed by atoms with van der Waals surface area (Å²) in [5, 5.41) is 5.86. The van der Waals surface area contributed by atoms with Crippen molar-refractivity contribution < 1.29 is 8.42 Å². The molecule has 1 heterocycles. The predicted molar refractivity (Wildman–Crippen MR) is 123 cm³/mol. The van der Waals surface area contributed by atoms with E-state index < -0.39 is 21.6 Å². The number of halogens is 2. The van der Waals surface area contributed by atoms with E-state index in [4.69, 9.17) is 23.2 Å². The fourth-order valence-electron chi connectivity index (χ4n) is 3.36. The summed E-state index contributed by atoms with van der Waals surface area (Å²) in [6, 6.07) is 18.9. The number of nitrogens with one attached hydrogen (secondary N) is 1. The predicted octanol–water partition coefficient (Wildman–Crippen LogP) is 4.73. The molecule has 1 atom stereocenters. The summed E-state index contributed by atoms with van der Waals surface area (Å²) < 4.78 is 29.6. The van der Waals surface area contributed by atoms with Crippen LogP contribution in [0.3, 0.4) is 0 Å². The Hall–Kier alpha value is -2.71. The van der Waals surface area contributed by atoms with Gasteiger partial charge in [0.1, 0.15) is 5.02 Å². The van der Waals surface area contributed by atoms with Gasteiger partial charge in [-0.2, -0.15) is 9.78 Å². The number of fused-ring (bicyclic) bond motifs is 1. The molecule has 0 bridgehead atoms. The molecule has 4 aromatic rings. The number of rotatable bonds is 5. The van der Waals surface area contributed by atoms with Crippen molar-refractivity contribution in [2.24, 2.45) is 0 Å². The van der Waals surface area contributed by atoms with Crippen LogP contribution in [0.5, 0.6) is 0 Å². The lowest BCUT2D eigenvalue weighted by atomic mass is 10.0. The van der Waals surface area contributed by atoms with Crippen LogP contribution in [0.15, 0.2) is 82.6 Å². The van der Waals surface area contributed by atoms with Crippen molar-refractivity contribution in [3.05, 3.63) is 98.9 Å². The van der Waals surface area contributed by atoms with Crippen LogP contribution in [-0.4, -0.2) is 18.2 Å². The third-order valence-electron chi connectivity index (χ3n) is 4.89. The van der Waals surface area contributed by atoms with Gasteiger partial charge in [0.2, 0.25) is 10.0 Å². The van der Waals surface area contributed by atoms with Crippen LogP contribution in [0.4, 0.5) is 0 Å². The SMILES string of the molecule is CC(NS(=O)(=O)c1ccc(-n2ncc(Cl)c(Cl)c2=O)cc1)c1cccc2ccccc12. The van der Waals surface area contributed by atoms with E-state index in [1.54, 1.807) is 6.92 Å². The first kappa shape index (κ1) is 21.5. The molecule has 0 aliphatic rings. The topological polar surface area (TPSA) is 81.1 Å². The summed E-state index contributed by atoms with van der Waals surface area (Å²) in [4.78, 5) is 12.3. The second-order valence-corrected chi connectivity index (χ2v) is 9.43. The maximum Gasteiger partial charge on any atom is 0.291 e. The Labute approximate surface area is 189 Å².